The average molecular weight is 245 g/mol. The maximum absolute atomic E-state index is 11.7. The van der Waals surface area contributed by atoms with Crippen molar-refractivity contribution in [2.75, 3.05) is 13.7 Å². The highest BCUT2D eigenvalue weighted by Gasteiger charge is 2.29. The van der Waals surface area contributed by atoms with E-state index in [-0.39, 0.29) is 5.92 Å². The van der Waals surface area contributed by atoms with Gasteiger partial charge in [0.25, 0.3) is 0 Å². The van der Waals surface area contributed by atoms with Crippen LogP contribution >= 0.6 is 0 Å². The Morgan fingerprint density at radius 3 is 2.41 bits per heavy atom. The number of carboxylic acids is 1. The van der Waals surface area contributed by atoms with Crippen molar-refractivity contribution in [2.45, 2.75) is 38.1 Å². The van der Waals surface area contributed by atoms with Gasteiger partial charge in [-0.25, -0.2) is 0 Å². The number of nitrogens with zero attached hydrogens (tertiary/aromatic N) is 1. The molecule has 2 N–H and O–H groups in total. The normalized spacial score (nSPS) is 19.0. The number of aliphatic carboxylic acids is 1. The van der Waals surface area contributed by atoms with E-state index in [1.54, 1.807) is 0 Å². The van der Waals surface area contributed by atoms with Gasteiger partial charge >= 0.3 is 11.9 Å². The Labute approximate surface area is 100 Å². The van der Waals surface area contributed by atoms with Gasteiger partial charge in [0, 0.05) is 7.05 Å². The topological polar surface area (TPSA) is 87.1 Å². The Morgan fingerprint density at radius 1 is 1.35 bits per heavy atom. The molecule has 98 valence electrons. The molecule has 1 atom stereocenters. The fourth-order valence-corrected chi connectivity index (χ4v) is 1.97. The zero-order valence-corrected chi connectivity index (χ0v) is 9.96. The molecule has 0 saturated heterocycles. The summed E-state index contributed by atoms with van der Waals surface area (Å²) >= 11 is 0. The minimum absolute atomic E-state index is 0.140. The summed E-state index contributed by atoms with van der Waals surface area (Å²) < 4.78 is 0. The van der Waals surface area contributed by atoms with Crippen LogP contribution in [0.5, 0.6) is 0 Å². The average Bonchev–Trinajstić information content (AvgIpc) is 2.30. The largest absolute Gasteiger partial charge is 0.480 e. The molecule has 0 bridgehead atoms. The summed E-state index contributed by atoms with van der Waals surface area (Å²) in [7, 11) is 1.34. The van der Waals surface area contributed by atoms with Crippen LogP contribution in [0.1, 0.15) is 32.1 Å². The molecule has 0 aromatic rings. The summed E-state index contributed by atoms with van der Waals surface area (Å²) in [5, 5.41) is 18.6. The standard InChI is InChI=1S/C11H19NO5/c1-12(9(7-13)10(14)15)17-11(16)8-5-3-2-4-6-8/h8-9,13H,2-7H2,1H3,(H,14,15)/t9-/m0/s1. The molecular weight excluding hydrogens is 226 g/mol. The van der Waals surface area contributed by atoms with E-state index in [2.05, 4.69) is 0 Å². The van der Waals surface area contributed by atoms with Gasteiger partial charge in [-0.15, -0.1) is 5.06 Å². The zero-order chi connectivity index (χ0) is 12.8. The number of hydrogen-bond acceptors (Lipinski definition) is 5. The predicted molar refractivity (Wildman–Crippen MR) is 58.9 cm³/mol. The van der Waals surface area contributed by atoms with Crippen LogP contribution < -0.4 is 0 Å². The lowest BCUT2D eigenvalue weighted by Gasteiger charge is -2.25. The van der Waals surface area contributed by atoms with Crippen molar-refractivity contribution in [1.29, 1.82) is 0 Å². The number of likely N-dealkylation sites (N-methyl/N-ethyl adjacent to an activating group) is 1. The van der Waals surface area contributed by atoms with Gasteiger partial charge in [-0.2, -0.15) is 0 Å². The van der Waals surface area contributed by atoms with Gasteiger partial charge in [0.2, 0.25) is 0 Å². The maximum Gasteiger partial charge on any atom is 0.328 e. The summed E-state index contributed by atoms with van der Waals surface area (Å²) in [6.45, 7) is -0.593. The molecule has 1 aliphatic rings. The van der Waals surface area contributed by atoms with Crippen molar-refractivity contribution in [3.05, 3.63) is 0 Å². The molecule has 0 aromatic heterocycles. The summed E-state index contributed by atoms with van der Waals surface area (Å²) in [5.41, 5.74) is 0. The Morgan fingerprint density at radius 2 is 1.94 bits per heavy atom. The molecule has 6 nitrogen and oxygen atoms in total. The second-order valence-electron chi connectivity index (χ2n) is 4.33. The van der Waals surface area contributed by atoms with E-state index in [9.17, 15) is 9.59 Å². The second kappa shape index (κ2) is 6.56. The predicted octanol–water partition coefficient (Wildman–Crippen LogP) is 0.402. The lowest BCUT2D eigenvalue weighted by molar-refractivity contribution is -0.207. The highest BCUT2D eigenvalue weighted by atomic mass is 16.7. The Hall–Kier alpha value is -1.14. The number of hydroxylamine groups is 2. The molecule has 1 rings (SSSR count). The molecule has 0 aromatic carbocycles. The van der Waals surface area contributed by atoms with Crippen molar-refractivity contribution < 1.29 is 24.6 Å². The molecule has 0 amide bonds. The van der Waals surface area contributed by atoms with Gasteiger partial charge < -0.3 is 15.1 Å². The first-order chi connectivity index (χ1) is 8.06. The zero-order valence-electron chi connectivity index (χ0n) is 9.96. The number of rotatable bonds is 5. The SMILES string of the molecule is CN(OC(=O)C1CCCCC1)[C@@H](CO)C(=O)O. The molecule has 1 aliphatic carbocycles. The number of carbonyl (C=O) groups is 2. The third-order valence-electron chi connectivity index (χ3n) is 3.07. The van der Waals surface area contributed by atoms with E-state index in [4.69, 9.17) is 15.1 Å². The summed E-state index contributed by atoms with van der Waals surface area (Å²) in [5.74, 6) is -1.75. The number of hydrogen-bond donors (Lipinski definition) is 2. The van der Waals surface area contributed by atoms with Crippen LogP contribution in [-0.4, -0.2) is 46.9 Å². The number of carbonyl (C=O) groups excluding carboxylic acids is 1. The van der Waals surface area contributed by atoms with Crippen molar-refractivity contribution in [2.24, 2.45) is 5.92 Å². The summed E-state index contributed by atoms with van der Waals surface area (Å²) in [6.07, 6.45) is 4.73. The van der Waals surface area contributed by atoms with Gasteiger partial charge in [-0.3, -0.25) is 9.59 Å². The minimum Gasteiger partial charge on any atom is -0.480 e. The Balaban J connectivity index is 2.46. The van der Waals surface area contributed by atoms with Crippen LogP contribution in [0, 0.1) is 5.92 Å². The van der Waals surface area contributed by atoms with E-state index in [1.165, 1.54) is 7.05 Å². The highest BCUT2D eigenvalue weighted by Crippen LogP contribution is 2.24. The van der Waals surface area contributed by atoms with Gasteiger partial charge in [0.15, 0.2) is 6.04 Å². The number of aliphatic hydroxyl groups is 1. The highest BCUT2D eigenvalue weighted by molar-refractivity contribution is 5.75. The third kappa shape index (κ3) is 3.98. The second-order valence-corrected chi connectivity index (χ2v) is 4.33. The molecule has 0 heterocycles. The molecule has 0 radical (unpaired) electrons. The first-order valence-corrected chi connectivity index (χ1v) is 5.84. The van der Waals surface area contributed by atoms with Crippen molar-refractivity contribution in [3.8, 4) is 0 Å². The van der Waals surface area contributed by atoms with Crippen LogP contribution in [0.3, 0.4) is 0 Å². The van der Waals surface area contributed by atoms with E-state index in [0.29, 0.717) is 0 Å². The third-order valence-corrected chi connectivity index (χ3v) is 3.07. The van der Waals surface area contributed by atoms with Crippen molar-refractivity contribution in [1.82, 2.24) is 5.06 Å². The van der Waals surface area contributed by atoms with Gasteiger partial charge in [0.05, 0.1) is 12.5 Å². The molecule has 6 heteroatoms. The first-order valence-electron chi connectivity index (χ1n) is 5.84. The molecule has 1 fully saturated rings. The van der Waals surface area contributed by atoms with Gasteiger partial charge in [0.1, 0.15) is 0 Å². The molecule has 0 spiro atoms. The molecule has 0 aliphatic heterocycles. The summed E-state index contributed by atoms with van der Waals surface area (Å²) in [4.78, 5) is 27.4. The summed E-state index contributed by atoms with van der Waals surface area (Å²) in [6, 6.07) is -1.21. The van der Waals surface area contributed by atoms with E-state index >= 15 is 0 Å². The molecule has 1 saturated carbocycles. The quantitative estimate of drug-likeness (QED) is 0.682. The van der Waals surface area contributed by atoms with Crippen LogP contribution in [0.25, 0.3) is 0 Å². The Kier molecular flexibility index (Phi) is 5.37. The van der Waals surface area contributed by atoms with E-state index in [1.807, 2.05) is 0 Å². The van der Waals surface area contributed by atoms with Gasteiger partial charge in [-0.05, 0) is 12.8 Å². The maximum atomic E-state index is 11.7. The first kappa shape index (κ1) is 13.9. The molecular formula is C11H19NO5. The fraction of sp³-hybridized carbons (Fsp3) is 0.818. The lowest BCUT2D eigenvalue weighted by atomic mass is 9.89. The van der Waals surface area contributed by atoms with Gasteiger partial charge in [-0.1, -0.05) is 19.3 Å². The Bertz CT molecular complexity index is 275. The van der Waals surface area contributed by atoms with Crippen LogP contribution in [0.4, 0.5) is 0 Å². The van der Waals surface area contributed by atoms with Crippen LogP contribution in [-0.2, 0) is 14.4 Å². The monoisotopic (exact) mass is 245 g/mol. The van der Waals surface area contributed by atoms with Crippen LogP contribution in [0.15, 0.2) is 0 Å². The fourth-order valence-electron chi connectivity index (χ4n) is 1.97. The lowest BCUT2D eigenvalue weighted by Crippen LogP contribution is -2.43. The molecule has 17 heavy (non-hydrogen) atoms. The number of aliphatic hydroxyl groups excluding tert-OH is 1. The van der Waals surface area contributed by atoms with Crippen LogP contribution in [0.2, 0.25) is 0 Å². The van der Waals surface area contributed by atoms with E-state index in [0.717, 1.165) is 37.2 Å². The molecule has 0 unspecified atom stereocenters. The minimum atomic E-state index is -1.22. The smallest absolute Gasteiger partial charge is 0.328 e. The van der Waals surface area contributed by atoms with Crippen molar-refractivity contribution >= 4 is 11.9 Å². The number of carboxylic acid groups (broad SMARTS) is 1. The van der Waals surface area contributed by atoms with E-state index < -0.39 is 24.6 Å². The van der Waals surface area contributed by atoms with Crippen molar-refractivity contribution in [3.63, 3.8) is 0 Å².